The maximum Gasteiger partial charge on any atom is 0.264 e. The highest BCUT2D eigenvalue weighted by molar-refractivity contribution is 9.10. The number of amides is 2. The number of hydrogen-bond acceptors (Lipinski definition) is 6. The number of sulfonamides is 1. The molecule has 49 heavy (non-hydrogen) atoms. The van der Waals surface area contributed by atoms with Crippen LogP contribution in [0, 0.1) is 0 Å². The molecular weight excluding hydrogens is 730 g/mol. The molecule has 0 saturated heterocycles. The van der Waals surface area contributed by atoms with Crippen LogP contribution < -0.4 is 19.1 Å². The second-order valence-electron chi connectivity index (χ2n) is 11.9. The molecule has 9 nitrogen and oxygen atoms in total. The maximum atomic E-state index is 14.7. The van der Waals surface area contributed by atoms with Gasteiger partial charge in [0.15, 0.2) is 11.5 Å². The number of rotatable bonds is 14. The summed E-state index contributed by atoms with van der Waals surface area (Å²) in [6.45, 7) is -0.521. The van der Waals surface area contributed by atoms with Crippen molar-refractivity contribution in [2.75, 3.05) is 25.1 Å². The van der Waals surface area contributed by atoms with E-state index < -0.39 is 28.5 Å². The van der Waals surface area contributed by atoms with E-state index >= 15 is 0 Å². The first-order valence-electron chi connectivity index (χ1n) is 16.0. The summed E-state index contributed by atoms with van der Waals surface area (Å²) in [6.07, 6.45) is 4.04. The molecule has 1 atom stereocenters. The third-order valence-corrected chi connectivity index (χ3v) is 11.1. The van der Waals surface area contributed by atoms with Gasteiger partial charge in [-0.2, -0.15) is 0 Å². The minimum atomic E-state index is -4.36. The molecule has 0 heterocycles. The van der Waals surface area contributed by atoms with E-state index in [4.69, 9.17) is 21.1 Å². The quantitative estimate of drug-likeness (QED) is 0.148. The van der Waals surface area contributed by atoms with Crippen LogP contribution in [-0.4, -0.2) is 58.0 Å². The molecule has 1 N–H and O–H groups in total. The molecule has 4 aromatic rings. The summed E-state index contributed by atoms with van der Waals surface area (Å²) in [5, 5.41) is 3.59. The summed E-state index contributed by atoms with van der Waals surface area (Å²) in [4.78, 5) is 30.3. The number of benzene rings is 4. The third kappa shape index (κ3) is 9.14. The Hall–Kier alpha value is -4.06. The number of nitrogens with zero attached hydrogens (tertiary/aromatic N) is 2. The second-order valence-corrected chi connectivity index (χ2v) is 15.1. The van der Waals surface area contributed by atoms with Crippen molar-refractivity contribution >= 4 is 55.1 Å². The van der Waals surface area contributed by atoms with Crippen LogP contribution >= 0.6 is 27.5 Å². The lowest BCUT2D eigenvalue weighted by Gasteiger charge is -2.34. The van der Waals surface area contributed by atoms with E-state index in [1.165, 1.54) is 37.3 Å². The van der Waals surface area contributed by atoms with E-state index in [-0.39, 0.29) is 41.2 Å². The van der Waals surface area contributed by atoms with Crippen LogP contribution in [0.2, 0.25) is 5.02 Å². The Kier molecular flexibility index (Phi) is 12.2. The molecule has 0 bridgehead atoms. The fraction of sp³-hybridized carbons (Fsp3) is 0.297. The molecule has 0 radical (unpaired) electrons. The van der Waals surface area contributed by atoms with Crippen LogP contribution in [0.25, 0.3) is 0 Å². The monoisotopic (exact) mass is 767 g/mol. The first kappa shape index (κ1) is 36.2. The van der Waals surface area contributed by atoms with Gasteiger partial charge < -0.3 is 19.7 Å². The van der Waals surface area contributed by atoms with E-state index in [0.717, 1.165) is 45.6 Å². The lowest BCUT2D eigenvalue weighted by atomic mass is 10.0. The van der Waals surface area contributed by atoms with Gasteiger partial charge in [0.1, 0.15) is 12.6 Å². The normalized spacial score (nSPS) is 13.8. The highest BCUT2D eigenvalue weighted by Gasteiger charge is 2.36. The average Bonchev–Trinajstić information content (AvgIpc) is 3.62. The number of halogens is 2. The highest BCUT2D eigenvalue weighted by atomic mass is 79.9. The Balaban J connectivity index is 1.58. The van der Waals surface area contributed by atoms with Gasteiger partial charge in [-0.15, -0.1) is 0 Å². The van der Waals surface area contributed by atoms with E-state index in [1.54, 1.807) is 24.3 Å². The zero-order valence-electron chi connectivity index (χ0n) is 27.4. The van der Waals surface area contributed by atoms with Crippen molar-refractivity contribution < 1.29 is 27.5 Å². The van der Waals surface area contributed by atoms with Crippen molar-refractivity contribution in [3.8, 4) is 11.5 Å². The minimum Gasteiger partial charge on any atom is -0.493 e. The molecule has 5 rings (SSSR count). The molecule has 0 aliphatic heterocycles. The van der Waals surface area contributed by atoms with Crippen LogP contribution in [0.15, 0.2) is 106 Å². The molecule has 1 saturated carbocycles. The first-order valence-corrected chi connectivity index (χ1v) is 18.6. The minimum absolute atomic E-state index is 0.0181. The first-order chi connectivity index (χ1) is 23.6. The Morgan fingerprint density at radius 3 is 2.20 bits per heavy atom. The molecule has 0 spiro atoms. The zero-order valence-corrected chi connectivity index (χ0v) is 30.5. The molecule has 0 unspecified atom stereocenters. The summed E-state index contributed by atoms with van der Waals surface area (Å²) in [5.74, 6) is -0.261. The number of ether oxygens (including phenoxy) is 2. The molecular formula is C37H39BrClN3O6S. The molecule has 1 fully saturated rings. The largest absolute Gasteiger partial charge is 0.493 e. The van der Waals surface area contributed by atoms with Gasteiger partial charge in [0, 0.05) is 34.6 Å². The summed E-state index contributed by atoms with van der Waals surface area (Å²) in [6, 6.07) is 26.5. The van der Waals surface area contributed by atoms with E-state index in [0.29, 0.717) is 10.8 Å². The van der Waals surface area contributed by atoms with Crippen molar-refractivity contribution in [2.24, 2.45) is 0 Å². The number of carbonyl (C=O) groups is 2. The highest BCUT2D eigenvalue weighted by Crippen LogP contribution is 2.33. The van der Waals surface area contributed by atoms with Crippen molar-refractivity contribution in [1.82, 2.24) is 10.2 Å². The van der Waals surface area contributed by atoms with Gasteiger partial charge in [0.25, 0.3) is 10.0 Å². The van der Waals surface area contributed by atoms with Crippen LogP contribution in [0.4, 0.5) is 5.69 Å². The van der Waals surface area contributed by atoms with Gasteiger partial charge >= 0.3 is 0 Å². The topological polar surface area (TPSA) is 105 Å². The summed E-state index contributed by atoms with van der Waals surface area (Å²) >= 11 is 9.70. The predicted molar refractivity (Wildman–Crippen MR) is 195 cm³/mol. The van der Waals surface area contributed by atoms with E-state index in [2.05, 4.69) is 21.2 Å². The number of hydrogen-bond donors (Lipinski definition) is 1. The average molecular weight is 769 g/mol. The van der Waals surface area contributed by atoms with Crippen LogP contribution in [0.3, 0.4) is 0 Å². The Morgan fingerprint density at radius 2 is 1.55 bits per heavy atom. The van der Waals surface area contributed by atoms with Crippen LogP contribution in [0.1, 0.15) is 36.8 Å². The second kappa shape index (κ2) is 16.6. The van der Waals surface area contributed by atoms with Crippen LogP contribution in [-0.2, 0) is 32.6 Å². The van der Waals surface area contributed by atoms with Gasteiger partial charge in [0.05, 0.1) is 24.8 Å². The van der Waals surface area contributed by atoms with Gasteiger partial charge in [-0.25, -0.2) is 8.42 Å². The van der Waals surface area contributed by atoms with Crippen molar-refractivity contribution in [3.63, 3.8) is 0 Å². The number of carbonyl (C=O) groups excluding carboxylic acids is 2. The summed E-state index contributed by atoms with van der Waals surface area (Å²) in [5.41, 5.74) is 1.87. The molecule has 12 heteroatoms. The number of nitrogens with one attached hydrogen (secondary N) is 1. The molecule has 258 valence electrons. The molecule has 1 aliphatic rings. The van der Waals surface area contributed by atoms with Crippen molar-refractivity contribution in [2.45, 2.75) is 55.6 Å². The SMILES string of the molecule is COc1ccc(S(=O)(=O)N(CC(=O)N(Cc2cccc(Br)c2)[C@@H](Cc2ccccc2)C(=O)NC2CCCC2)c2ccc(Cl)cc2)cc1OC. The molecule has 2 amide bonds. The predicted octanol–water partition coefficient (Wildman–Crippen LogP) is 7.01. The summed E-state index contributed by atoms with van der Waals surface area (Å²) in [7, 11) is -1.48. The lowest BCUT2D eigenvalue weighted by Crippen LogP contribution is -2.54. The van der Waals surface area contributed by atoms with Gasteiger partial charge in [-0.1, -0.05) is 82.8 Å². The van der Waals surface area contributed by atoms with Crippen molar-refractivity contribution in [1.29, 1.82) is 0 Å². The summed E-state index contributed by atoms with van der Waals surface area (Å²) < 4.78 is 41.4. The van der Waals surface area contributed by atoms with E-state index in [9.17, 15) is 18.0 Å². The Morgan fingerprint density at radius 1 is 0.878 bits per heavy atom. The number of anilines is 1. The lowest BCUT2D eigenvalue weighted by molar-refractivity contribution is -0.140. The van der Waals surface area contributed by atoms with Crippen LogP contribution in [0.5, 0.6) is 11.5 Å². The maximum absolute atomic E-state index is 14.7. The Bertz CT molecular complexity index is 1850. The van der Waals surface area contributed by atoms with Crippen molar-refractivity contribution in [3.05, 3.63) is 118 Å². The van der Waals surface area contributed by atoms with Gasteiger partial charge in [-0.3, -0.25) is 13.9 Å². The Labute approximate surface area is 301 Å². The smallest absolute Gasteiger partial charge is 0.264 e. The third-order valence-electron chi connectivity index (χ3n) is 8.55. The standard InChI is InChI=1S/C37H39BrClN3O6S/c1-47-34-20-19-32(23-35(34)48-2)49(45,46)42(31-17-15-29(39)16-18-31)25-36(43)41(24-27-11-8-12-28(38)21-27)33(22-26-9-4-3-5-10-26)37(44)40-30-13-6-7-14-30/h3-5,8-12,15-21,23,30,33H,6-7,13-14,22,24-25H2,1-2H3,(H,40,44)/t33-/m0/s1. The fourth-order valence-electron chi connectivity index (χ4n) is 5.99. The van der Waals surface area contributed by atoms with Gasteiger partial charge in [-0.05, 0) is 72.5 Å². The number of methoxy groups -OCH3 is 2. The zero-order chi connectivity index (χ0) is 35.0. The molecule has 4 aromatic carbocycles. The fourth-order valence-corrected chi connectivity index (χ4v) is 8.00. The molecule has 1 aliphatic carbocycles. The van der Waals surface area contributed by atoms with E-state index in [1.807, 2.05) is 54.6 Å². The molecule has 0 aromatic heterocycles. The van der Waals surface area contributed by atoms with Gasteiger partial charge in [0.2, 0.25) is 11.8 Å².